The van der Waals surface area contributed by atoms with Crippen LogP contribution in [0.3, 0.4) is 0 Å². The minimum atomic E-state index is -0.433. The predicted octanol–water partition coefficient (Wildman–Crippen LogP) is 1.91. The van der Waals surface area contributed by atoms with E-state index in [1.165, 1.54) is 0 Å². The number of hydrogen-bond acceptors (Lipinski definition) is 3. The maximum atomic E-state index is 12.6. The molecule has 1 aliphatic rings. The summed E-state index contributed by atoms with van der Waals surface area (Å²) in [5.41, 5.74) is 1.79. The van der Waals surface area contributed by atoms with Gasteiger partial charge in [-0.05, 0) is 17.7 Å². The molecule has 2 amide bonds. The first-order valence-electron chi connectivity index (χ1n) is 7.72. The molecule has 0 unspecified atom stereocenters. The van der Waals surface area contributed by atoms with E-state index in [0.29, 0.717) is 11.6 Å². The SMILES string of the molecule is CN1C(=O)C[C@@H](C(=O)NCc2cnn(C)c2)[C@@H]1c1cccc(Cl)c1. The van der Waals surface area contributed by atoms with E-state index < -0.39 is 5.92 Å². The van der Waals surface area contributed by atoms with Crippen molar-refractivity contribution < 1.29 is 9.59 Å². The third-order valence-electron chi connectivity index (χ3n) is 4.34. The number of halogens is 1. The van der Waals surface area contributed by atoms with E-state index in [4.69, 9.17) is 11.6 Å². The summed E-state index contributed by atoms with van der Waals surface area (Å²) < 4.78 is 1.68. The van der Waals surface area contributed by atoms with Crippen LogP contribution in [0.1, 0.15) is 23.6 Å². The smallest absolute Gasteiger partial charge is 0.226 e. The molecule has 7 heteroatoms. The highest BCUT2D eigenvalue weighted by Crippen LogP contribution is 2.37. The molecule has 0 radical (unpaired) electrons. The fourth-order valence-electron chi connectivity index (χ4n) is 3.13. The van der Waals surface area contributed by atoms with Gasteiger partial charge in [-0.2, -0.15) is 5.10 Å². The van der Waals surface area contributed by atoms with Crippen molar-refractivity contribution in [2.24, 2.45) is 13.0 Å². The number of aromatic nitrogens is 2. The molecule has 2 heterocycles. The van der Waals surface area contributed by atoms with Gasteiger partial charge in [-0.1, -0.05) is 23.7 Å². The van der Waals surface area contributed by atoms with Crippen LogP contribution in [0.15, 0.2) is 36.7 Å². The van der Waals surface area contributed by atoms with E-state index in [1.54, 1.807) is 28.9 Å². The zero-order chi connectivity index (χ0) is 17.3. The Labute approximate surface area is 145 Å². The van der Waals surface area contributed by atoms with Crippen LogP contribution >= 0.6 is 11.6 Å². The summed E-state index contributed by atoms with van der Waals surface area (Å²) in [5.74, 6) is -0.610. The van der Waals surface area contributed by atoms with Gasteiger partial charge in [-0.25, -0.2) is 0 Å². The van der Waals surface area contributed by atoms with E-state index in [-0.39, 0.29) is 24.3 Å². The van der Waals surface area contributed by atoms with Gasteiger partial charge in [0, 0.05) is 43.8 Å². The lowest BCUT2D eigenvalue weighted by Gasteiger charge is -2.25. The van der Waals surface area contributed by atoms with E-state index in [9.17, 15) is 9.59 Å². The summed E-state index contributed by atoms with van der Waals surface area (Å²) in [4.78, 5) is 26.4. The summed E-state index contributed by atoms with van der Waals surface area (Å²) in [6, 6.07) is 7.01. The number of nitrogens with zero attached hydrogens (tertiary/aromatic N) is 3. The number of nitrogens with one attached hydrogen (secondary N) is 1. The molecule has 0 spiro atoms. The van der Waals surface area contributed by atoms with Crippen LogP contribution in [-0.4, -0.2) is 33.5 Å². The largest absolute Gasteiger partial charge is 0.352 e. The number of benzene rings is 1. The Balaban J connectivity index is 1.76. The molecule has 1 N–H and O–H groups in total. The molecule has 1 aliphatic heterocycles. The quantitative estimate of drug-likeness (QED) is 0.919. The standard InChI is InChI=1S/C17H19ClN4O2/c1-21-10-11(9-20-21)8-19-17(24)14-7-15(23)22(2)16(14)12-4-3-5-13(18)6-12/h3-6,9-10,14,16H,7-8H2,1-2H3,(H,19,24)/t14-,16+/m1/s1. The van der Waals surface area contributed by atoms with Crippen LogP contribution in [0.25, 0.3) is 0 Å². The fraction of sp³-hybridized carbons (Fsp3) is 0.353. The lowest BCUT2D eigenvalue weighted by atomic mass is 9.93. The third-order valence-corrected chi connectivity index (χ3v) is 4.57. The molecule has 1 aromatic heterocycles. The van der Waals surface area contributed by atoms with Gasteiger partial charge in [0.15, 0.2) is 0 Å². The number of hydrogen-bond donors (Lipinski definition) is 1. The van der Waals surface area contributed by atoms with Crippen LogP contribution in [-0.2, 0) is 23.2 Å². The lowest BCUT2D eigenvalue weighted by Crippen LogP contribution is -2.34. The summed E-state index contributed by atoms with van der Waals surface area (Å²) in [6.07, 6.45) is 3.76. The van der Waals surface area contributed by atoms with Gasteiger partial charge in [0.25, 0.3) is 0 Å². The second kappa shape index (κ2) is 6.65. The van der Waals surface area contributed by atoms with Gasteiger partial charge < -0.3 is 10.2 Å². The van der Waals surface area contributed by atoms with Gasteiger partial charge >= 0.3 is 0 Å². The highest BCUT2D eigenvalue weighted by atomic mass is 35.5. The number of amides is 2. The number of carbonyl (C=O) groups excluding carboxylic acids is 2. The summed E-state index contributed by atoms with van der Waals surface area (Å²) in [7, 11) is 3.55. The van der Waals surface area contributed by atoms with Gasteiger partial charge in [0.1, 0.15) is 0 Å². The van der Waals surface area contributed by atoms with Gasteiger partial charge in [-0.15, -0.1) is 0 Å². The van der Waals surface area contributed by atoms with Crippen molar-refractivity contribution in [2.75, 3.05) is 7.05 Å². The molecule has 1 fully saturated rings. The average molecular weight is 347 g/mol. The zero-order valence-electron chi connectivity index (χ0n) is 13.6. The van der Waals surface area contributed by atoms with Gasteiger partial charge in [0.05, 0.1) is 18.2 Å². The molecule has 2 aromatic rings. The molecule has 6 nitrogen and oxygen atoms in total. The molecule has 2 atom stereocenters. The minimum Gasteiger partial charge on any atom is -0.352 e. The number of rotatable bonds is 4. The van der Waals surface area contributed by atoms with Crippen LogP contribution in [0.4, 0.5) is 0 Å². The van der Waals surface area contributed by atoms with E-state index in [0.717, 1.165) is 11.1 Å². The molecule has 126 valence electrons. The first-order valence-corrected chi connectivity index (χ1v) is 8.10. The minimum absolute atomic E-state index is 0.0403. The number of aryl methyl sites for hydroxylation is 1. The van der Waals surface area contributed by atoms with Crippen molar-refractivity contribution in [3.05, 3.63) is 52.8 Å². The highest BCUT2D eigenvalue weighted by Gasteiger charge is 2.42. The van der Waals surface area contributed by atoms with E-state index in [2.05, 4.69) is 10.4 Å². The first kappa shape index (κ1) is 16.5. The van der Waals surface area contributed by atoms with Crippen molar-refractivity contribution in [3.63, 3.8) is 0 Å². The normalized spacial score (nSPS) is 20.5. The summed E-state index contributed by atoms with van der Waals surface area (Å²) >= 11 is 6.06. The molecular formula is C17H19ClN4O2. The predicted molar refractivity (Wildman–Crippen MR) is 90.1 cm³/mol. The van der Waals surface area contributed by atoms with Crippen molar-refractivity contribution in [2.45, 2.75) is 19.0 Å². The molecular weight excluding hydrogens is 328 g/mol. The van der Waals surface area contributed by atoms with Crippen LogP contribution < -0.4 is 5.32 Å². The summed E-state index contributed by atoms with van der Waals surface area (Å²) in [5, 5.41) is 7.57. The Kier molecular flexibility index (Phi) is 4.57. The molecule has 1 aromatic carbocycles. The van der Waals surface area contributed by atoms with Gasteiger partial charge in [0.2, 0.25) is 11.8 Å². The van der Waals surface area contributed by atoms with Crippen LogP contribution in [0.5, 0.6) is 0 Å². The number of carbonyl (C=O) groups is 2. The van der Waals surface area contributed by atoms with E-state index >= 15 is 0 Å². The lowest BCUT2D eigenvalue weighted by molar-refractivity contribution is -0.128. The molecule has 0 aliphatic carbocycles. The maximum Gasteiger partial charge on any atom is 0.226 e. The first-order chi connectivity index (χ1) is 11.5. The third kappa shape index (κ3) is 3.28. The second-order valence-corrected chi connectivity index (χ2v) is 6.49. The fourth-order valence-corrected chi connectivity index (χ4v) is 3.33. The Morgan fingerprint density at radius 2 is 2.21 bits per heavy atom. The highest BCUT2D eigenvalue weighted by molar-refractivity contribution is 6.30. The monoisotopic (exact) mass is 346 g/mol. The van der Waals surface area contributed by atoms with Crippen LogP contribution in [0.2, 0.25) is 5.02 Å². The Hall–Kier alpha value is -2.34. The topological polar surface area (TPSA) is 67.2 Å². The van der Waals surface area contributed by atoms with Crippen LogP contribution in [0, 0.1) is 5.92 Å². The van der Waals surface area contributed by atoms with Gasteiger partial charge in [-0.3, -0.25) is 14.3 Å². The van der Waals surface area contributed by atoms with E-state index in [1.807, 2.05) is 31.4 Å². The molecule has 0 saturated carbocycles. The maximum absolute atomic E-state index is 12.6. The Morgan fingerprint density at radius 1 is 1.42 bits per heavy atom. The number of likely N-dealkylation sites (tertiary alicyclic amines) is 1. The molecule has 3 rings (SSSR count). The zero-order valence-corrected chi connectivity index (χ0v) is 14.3. The molecule has 1 saturated heterocycles. The summed E-state index contributed by atoms with van der Waals surface area (Å²) in [6.45, 7) is 0.392. The Bertz CT molecular complexity index is 773. The van der Waals surface area contributed by atoms with Crippen molar-refractivity contribution >= 4 is 23.4 Å². The van der Waals surface area contributed by atoms with Crippen molar-refractivity contribution in [3.8, 4) is 0 Å². The second-order valence-electron chi connectivity index (χ2n) is 6.06. The van der Waals surface area contributed by atoms with Crippen molar-refractivity contribution in [1.29, 1.82) is 0 Å². The molecule has 24 heavy (non-hydrogen) atoms. The Morgan fingerprint density at radius 3 is 2.88 bits per heavy atom. The molecule has 0 bridgehead atoms. The van der Waals surface area contributed by atoms with Crippen molar-refractivity contribution in [1.82, 2.24) is 20.0 Å². The average Bonchev–Trinajstić information content (AvgIpc) is 3.09.